The van der Waals surface area contributed by atoms with Crippen molar-refractivity contribution >= 4 is 0 Å². The van der Waals surface area contributed by atoms with Gasteiger partial charge in [0.05, 0.1) is 19.5 Å². The van der Waals surface area contributed by atoms with Crippen molar-refractivity contribution in [2.24, 2.45) is 0 Å². The van der Waals surface area contributed by atoms with Crippen LogP contribution in [0.4, 0.5) is 0 Å². The van der Waals surface area contributed by atoms with Gasteiger partial charge in [0.15, 0.2) is 0 Å². The third-order valence-electron chi connectivity index (χ3n) is 5.96. The van der Waals surface area contributed by atoms with Gasteiger partial charge in [-0.25, -0.2) is 9.13 Å². The minimum atomic E-state index is 0.523. The Morgan fingerprint density at radius 2 is 1.55 bits per heavy atom. The Labute approximate surface area is 177 Å². The van der Waals surface area contributed by atoms with Gasteiger partial charge in [-0.1, -0.05) is 87.4 Å². The molecule has 1 heterocycles. The summed E-state index contributed by atoms with van der Waals surface area (Å²) in [6, 6.07) is 21.9. The molecule has 0 radical (unpaired) electrons. The molecular weight excluding hydrogens is 352 g/mol. The fourth-order valence-electron chi connectivity index (χ4n) is 4.24. The first-order valence-corrected chi connectivity index (χ1v) is 11.4. The fraction of sp³-hybridized carbons (Fsp3) is 0.444. The molecule has 1 unspecified atom stereocenters. The van der Waals surface area contributed by atoms with Crippen LogP contribution in [-0.4, -0.2) is 4.57 Å². The highest BCUT2D eigenvalue weighted by Crippen LogP contribution is 2.22. The largest absolute Gasteiger partial charge is 0.261 e. The summed E-state index contributed by atoms with van der Waals surface area (Å²) >= 11 is 0. The van der Waals surface area contributed by atoms with Gasteiger partial charge in [0.2, 0.25) is 0 Å². The van der Waals surface area contributed by atoms with Gasteiger partial charge in [-0.05, 0) is 36.8 Å². The molecule has 0 saturated heterocycles. The Kier molecular flexibility index (Phi) is 8.10. The summed E-state index contributed by atoms with van der Waals surface area (Å²) in [6.45, 7) is 9.06. The number of nitrogens with zero attached hydrogens (tertiary/aromatic N) is 2. The van der Waals surface area contributed by atoms with E-state index in [4.69, 9.17) is 0 Å². The predicted molar refractivity (Wildman–Crippen MR) is 122 cm³/mol. The molecule has 1 atom stereocenters. The van der Waals surface area contributed by atoms with Crippen molar-refractivity contribution < 1.29 is 4.57 Å². The van der Waals surface area contributed by atoms with E-state index in [1.165, 1.54) is 48.3 Å². The molecule has 2 nitrogen and oxygen atoms in total. The number of aryl methyl sites for hydroxylation is 1. The van der Waals surface area contributed by atoms with Crippen LogP contribution in [0.1, 0.15) is 75.0 Å². The third-order valence-corrected chi connectivity index (χ3v) is 5.96. The van der Waals surface area contributed by atoms with Crippen LogP contribution in [0.5, 0.6) is 0 Å². The van der Waals surface area contributed by atoms with Crippen LogP contribution in [0, 0.1) is 0 Å². The quantitative estimate of drug-likeness (QED) is 0.268. The van der Waals surface area contributed by atoms with E-state index in [9.17, 15) is 0 Å². The van der Waals surface area contributed by atoms with E-state index in [-0.39, 0.29) is 0 Å². The Morgan fingerprint density at radius 1 is 0.862 bits per heavy atom. The first-order valence-electron chi connectivity index (χ1n) is 11.4. The average molecular weight is 390 g/mol. The lowest BCUT2D eigenvalue weighted by molar-refractivity contribution is -0.700. The van der Waals surface area contributed by atoms with Crippen LogP contribution in [0.15, 0.2) is 66.9 Å². The second kappa shape index (κ2) is 11.0. The standard InChI is InChI=1S/C27H37N2/c1-4-6-7-14-19-29-26(20-23(3)25-17-12-9-13-18-25)22-28(5-2)27(29)21-24-15-10-8-11-16-24/h8-13,15-18,22-23H,4-7,14,19-21H2,1-3H3/q+1. The molecule has 2 heteroatoms. The monoisotopic (exact) mass is 389 g/mol. The van der Waals surface area contributed by atoms with Gasteiger partial charge in [0.1, 0.15) is 11.9 Å². The minimum Gasteiger partial charge on any atom is -0.234 e. The molecule has 2 aromatic carbocycles. The highest BCUT2D eigenvalue weighted by molar-refractivity contribution is 5.22. The number of hydrogen-bond acceptors (Lipinski definition) is 0. The Hall–Kier alpha value is -2.35. The summed E-state index contributed by atoms with van der Waals surface area (Å²) < 4.78 is 5.10. The van der Waals surface area contributed by atoms with Crippen LogP contribution >= 0.6 is 0 Å². The summed E-state index contributed by atoms with van der Waals surface area (Å²) in [7, 11) is 0. The normalized spacial score (nSPS) is 12.2. The summed E-state index contributed by atoms with van der Waals surface area (Å²) in [5, 5.41) is 0. The predicted octanol–water partition coefficient (Wildman–Crippen LogP) is 6.31. The highest BCUT2D eigenvalue weighted by Gasteiger charge is 2.24. The van der Waals surface area contributed by atoms with Crippen LogP contribution in [0.2, 0.25) is 0 Å². The molecule has 0 aliphatic heterocycles. The minimum absolute atomic E-state index is 0.523. The van der Waals surface area contributed by atoms with E-state index in [2.05, 4.69) is 96.8 Å². The first kappa shape index (κ1) is 21.4. The zero-order chi connectivity index (χ0) is 20.5. The molecule has 0 aliphatic rings. The number of imidazole rings is 1. The van der Waals surface area contributed by atoms with Crippen molar-refractivity contribution in [1.29, 1.82) is 0 Å². The van der Waals surface area contributed by atoms with Gasteiger partial charge >= 0.3 is 0 Å². The van der Waals surface area contributed by atoms with Crippen molar-refractivity contribution in [3.8, 4) is 0 Å². The van der Waals surface area contributed by atoms with Crippen molar-refractivity contribution in [3.63, 3.8) is 0 Å². The zero-order valence-corrected chi connectivity index (χ0v) is 18.5. The van der Waals surface area contributed by atoms with Gasteiger partial charge < -0.3 is 0 Å². The molecule has 29 heavy (non-hydrogen) atoms. The molecule has 0 saturated carbocycles. The maximum Gasteiger partial charge on any atom is 0.261 e. The smallest absolute Gasteiger partial charge is 0.234 e. The fourth-order valence-corrected chi connectivity index (χ4v) is 4.24. The van der Waals surface area contributed by atoms with Crippen LogP contribution in [0.3, 0.4) is 0 Å². The maximum absolute atomic E-state index is 2.63. The molecule has 3 rings (SSSR count). The summed E-state index contributed by atoms with van der Waals surface area (Å²) in [5.74, 6) is 1.97. The molecule has 154 valence electrons. The van der Waals surface area contributed by atoms with E-state index >= 15 is 0 Å². The first-order chi connectivity index (χ1) is 14.2. The summed E-state index contributed by atoms with van der Waals surface area (Å²) in [5.41, 5.74) is 4.30. The van der Waals surface area contributed by atoms with E-state index in [1.807, 2.05) is 0 Å². The third kappa shape index (κ3) is 5.82. The number of rotatable bonds is 11. The van der Waals surface area contributed by atoms with E-state index in [1.54, 1.807) is 0 Å². The molecule has 0 spiro atoms. The molecular formula is C27H37N2+. The number of aromatic nitrogens is 2. The van der Waals surface area contributed by atoms with Crippen molar-refractivity contribution in [2.45, 2.75) is 78.3 Å². The van der Waals surface area contributed by atoms with Crippen molar-refractivity contribution in [2.75, 3.05) is 0 Å². The molecule has 0 bridgehead atoms. The SMILES string of the molecule is CCCCCCn1c(CC(C)c2ccccc2)c[n+](CC)c1Cc1ccccc1. The maximum atomic E-state index is 2.63. The Balaban J connectivity index is 1.88. The van der Waals surface area contributed by atoms with E-state index < -0.39 is 0 Å². The molecule has 0 amide bonds. The molecule has 1 aromatic heterocycles. The van der Waals surface area contributed by atoms with Crippen molar-refractivity contribution in [3.05, 3.63) is 89.5 Å². The van der Waals surface area contributed by atoms with Gasteiger partial charge in [-0.2, -0.15) is 0 Å². The Bertz CT molecular complexity index is 849. The van der Waals surface area contributed by atoms with E-state index in [0.717, 1.165) is 25.9 Å². The lowest BCUT2D eigenvalue weighted by Crippen LogP contribution is -2.36. The average Bonchev–Trinajstić information content (AvgIpc) is 3.08. The summed E-state index contributed by atoms with van der Waals surface area (Å²) in [4.78, 5) is 0. The number of hydrogen-bond donors (Lipinski definition) is 0. The molecule has 3 aromatic rings. The van der Waals surface area contributed by atoms with Crippen molar-refractivity contribution in [1.82, 2.24) is 4.57 Å². The van der Waals surface area contributed by atoms with Gasteiger partial charge in [0.25, 0.3) is 5.82 Å². The van der Waals surface area contributed by atoms with E-state index in [0.29, 0.717) is 5.92 Å². The summed E-state index contributed by atoms with van der Waals surface area (Å²) in [6.07, 6.45) is 9.71. The van der Waals surface area contributed by atoms with Gasteiger partial charge in [-0.15, -0.1) is 0 Å². The zero-order valence-electron chi connectivity index (χ0n) is 18.5. The van der Waals surface area contributed by atoms with Gasteiger partial charge in [0, 0.05) is 6.42 Å². The molecule has 0 N–H and O–H groups in total. The number of unbranched alkanes of at least 4 members (excludes halogenated alkanes) is 3. The van der Waals surface area contributed by atoms with Crippen LogP contribution in [-0.2, 0) is 25.9 Å². The van der Waals surface area contributed by atoms with Crippen LogP contribution < -0.4 is 4.57 Å². The number of benzene rings is 2. The second-order valence-electron chi connectivity index (χ2n) is 8.21. The lowest BCUT2D eigenvalue weighted by atomic mass is 9.96. The Morgan fingerprint density at radius 3 is 2.21 bits per heavy atom. The lowest BCUT2D eigenvalue weighted by Gasteiger charge is -2.12. The second-order valence-corrected chi connectivity index (χ2v) is 8.21. The topological polar surface area (TPSA) is 8.81 Å². The molecule has 0 aliphatic carbocycles. The molecule has 0 fully saturated rings. The highest BCUT2D eigenvalue weighted by atomic mass is 15.2. The van der Waals surface area contributed by atoms with Crippen LogP contribution in [0.25, 0.3) is 0 Å². The van der Waals surface area contributed by atoms with Gasteiger partial charge in [-0.3, -0.25) is 0 Å².